The van der Waals surface area contributed by atoms with Gasteiger partial charge in [0.25, 0.3) is 30.4 Å². The van der Waals surface area contributed by atoms with E-state index in [1.807, 2.05) is 26.0 Å². The highest BCUT2D eigenvalue weighted by Crippen LogP contribution is 2.49. The molecule has 0 unspecified atom stereocenters. The van der Waals surface area contributed by atoms with E-state index in [0.717, 1.165) is 110 Å². The second kappa shape index (κ2) is 22.8. The number of carboxylic acids is 1. The van der Waals surface area contributed by atoms with Crippen molar-refractivity contribution in [1.82, 2.24) is 5.32 Å². The van der Waals surface area contributed by atoms with Crippen molar-refractivity contribution < 1.29 is 53.4 Å². The molecule has 0 spiro atoms. The molecule has 5 rings (SSSR count). The summed E-state index contributed by atoms with van der Waals surface area (Å²) in [5.74, 6) is -1.41. The Labute approximate surface area is 392 Å². The number of benzene rings is 2. The van der Waals surface area contributed by atoms with E-state index in [-0.39, 0.29) is 34.7 Å². The lowest BCUT2D eigenvalue weighted by atomic mass is 9.81. The third-order valence-corrected chi connectivity index (χ3v) is 15.5. The predicted octanol–water partition coefficient (Wildman–Crippen LogP) is 9.43. The molecule has 0 atom stereocenters. The van der Waals surface area contributed by atoms with Gasteiger partial charge in [-0.1, -0.05) is 82.7 Å². The monoisotopic (exact) mass is 972 g/mol. The number of nitrogens with zero attached hydrogens (tertiary/aromatic N) is 2. The van der Waals surface area contributed by atoms with Gasteiger partial charge in [-0.15, -0.1) is 0 Å². The summed E-state index contributed by atoms with van der Waals surface area (Å²) in [4.78, 5) is 12.7. The number of nitrogens with one attached hydrogen (secondary N) is 1. The summed E-state index contributed by atoms with van der Waals surface area (Å²) in [5, 5.41) is 12.7. The van der Waals surface area contributed by atoms with E-state index in [9.17, 15) is 43.7 Å². The number of fused-ring (bicyclic) bond motifs is 2. The van der Waals surface area contributed by atoms with Crippen molar-refractivity contribution in [1.29, 1.82) is 0 Å². The summed E-state index contributed by atoms with van der Waals surface area (Å²) in [7, 11) is -12.7. The molecule has 2 aromatic rings. The molecule has 364 valence electrons. The van der Waals surface area contributed by atoms with Crippen molar-refractivity contribution in [2.24, 2.45) is 0 Å². The van der Waals surface area contributed by atoms with Gasteiger partial charge in [0.1, 0.15) is 6.54 Å². The number of rotatable bonds is 26. The predicted molar refractivity (Wildman–Crippen MR) is 261 cm³/mol. The van der Waals surface area contributed by atoms with Gasteiger partial charge in [-0.3, -0.25) is 18.5 Å². The van der Waals surface area contributed by atoms with Crippen molar-refractivity contribution in [2.45, 2.75) is 146 Å². The van der Waals surface area contributed by atoms with Crippen LogP contribution in [-0.4, -0.2) is 91.4 Å². The Bertz CT molecular complexity index is 2570. The lowest BCUT2D eigenvalue weighted by Gasteiger charge is -2.28. The van der Waals surface area contributed by atoms with Crippen LogP contribution in [0.4, 0.5) is 11.4 Å². The Morgan fingerprint density at radius 3 is 2.02 bits per heavy atom. The maximum absolute atomic E-state index is 12.2. The van der Waals surface area contributed by atoms with E-state index in [4.69, 9.17) is 5.11 Å². The third kappa shape index (κ3) is 14.4. The second-order valence-electron chi connectivity index (χ2n) is 18.8. The Balaban J connectivity index is 1.49. The summed E-state index contributed by atoms with van der Waals surface area (Å²) in [6, 6.07) is 12.8. The van der Waals surface area contributed by atoms with Crippen LogP contribution >= 0.6 is 0 Å². The Kier molecular flexibility index (Phi) is 18.2. The van der Waals surface area contributed by atoms with Crippen molar-refractivity contribution in [2.75, 3.05) is 36.0 Å². The molecule has 5 N–H and O–H groups in total. The number of carbonyl (C=O) groups is 1. The summed E-state index contributed by atoms with van der Waals surface area (Å²) < 4.78 is 102. The lowest BCUT2D eigenvalue weighted by Crippen LogP contribution is -2.28. The maximum Gasteiger partial charge on any atom is 0.303 e. The highest BCUT2D eigenvalue weighted by molar-refractivity contribution is 7.86. The molecule has 14 nitrogen and oxygen atoms in total. The molecule has 2 aromatic carbocycles. The quantitative estimate of drug-likeness (QED) is 0.0338. The number of hydrogen-bond acceptors (Lipinski definition) is 9. The molecule has 0 fully saturated rings. The number of unbranched alkanes of at least 4 members (excludes halogenated alkanes) is 9. The number of para-hydroxylation sites is 1. The standard InChI is InChI=1S/C49H69N3O11S3/c1-48(2)40-22-12-13-23-42(40)51(32-15-17-34-64(55,56)57)44(48)29-25-37-20-19-21-38(47(37)50-31-14-10-8-6-5-7-9-11-24-46(53)54)26-30-45-49(3,4)41-36-39(66(61,62)63)27-28-43(41)52(45)33-16-18-35-65(58,59)60/h12-13,22-23,25-30,36H,5-11,14-21,24,31-35H2,1-4H3,(H4,53,54,55,56,57,58,59,60,61,62,63)/p+1/b38-26+,45-30+. The fourth-order valence-corrected chi connectivity index (χ4v) is 11.2. The molecule has 2 heterocycles. The third-order valence-electron chi connectivity index (χ3n) is 13.1. The molecule has 66 heavy (non-hydrogen) atoms. The molecule has 0 radical (unpaired) electrons. The number of carboxylic acid groups (broad SMARTS) is 1. The summed E-state index contributed by atoms with van der Waals surface area (Å²) in [6.45, 7) is 10.1. The van der Waals surface area contributed by atoms with Crippen LogP contribution in [0.15, 0.2) is 94.2 Å². The Hall–Kier alpha value is -4.13. The SMILES string of the molecule is CC1(C)C(/C=C/C2=C(NCCCCCCCCCCC(=O)O)C(=C/C=C3/N(CCCCS(=O)(=O)O)c4ccc(S(=O)(=O)O)cc4C3(C)C)/CCC2)=[N+](CCCCS(=O)(=O)O)c2ccccc21. The maximum atomic E-state index is 12.2. The van der Waals surface area contributed by atoms with E-state index in [0.29, 0.717) is 44.3 Å². The second-order valence-corrected chi connectivity index (χ2v) is 23.4. The minimum absolute atomic E-state index is 0.211. The first kappa shape index (κ1) is 52.8. The van der Waals surface area contributed by atoms with Crippen molar-refractivity contribution in [3.63, 3.8) is 0 Å². The molecule has 17 heteroatoms. The fraction of sp³-hybridized carbons (Fsp3) is 0.551. The number of anilines is 1. The van der Waals surface area contributed by atoms with Crippen LogP contribution in [0.5, 0.6) is 0 Å². The zero-order valence-corrected chi connectivity index (χ0v) is 41.4. The minimum Gasteiger partial charge on any atom is -0.481 e. The van der Waals surface area contributed by atoms with Crippen LogP contribution in [0.1, 0.15) is 142 Å². The number of hydrogen-bond donors (Lipinski definition) is 5. The summed E-state index contributed by atoms with van der Waals surface area (Å²) in [6.07, 6.45) is 20.8. The first-order chi connectivity index (χ1) is 31.0. The summed E-state index contributed by atoms with van der Waals surface area (Å²) in [5.41, 5.74) is 7.92. The van der Waals surface area contributed by atoms with Crippen molar-refractivity contribution >= 4 is 53.4 Å². The van der Waals surface area contributed by atoms with E-state index in [1.54, 1.807) is 6.07 Å². The van der Waals surface area contributed by atoms with Gasteiger partial charge < -0.3 is 15.3 Å². The van der Waals surface area contributed by atoms with E-state index in [2.05, 4.69) is 65.1 Å². The first-order valence-electron chi connectivity index (χ1n) is 23.3. The van der Waals surface area contributed by atoms with Crippen LogP contribution in [0.2, 0.25) is 0 Å². The van der Waals surface area contributed by atoms with Crippen LogP contribution in [0.25, 0.3) is 0 Å². The zero-order chi connectivity index (χ0) is 48.3. The van der Waals surface area contributed by atoms with Crippen molar-refractivity contribution in [3.8, 4) is 0 Å². The van der Waals surface area contributed by atoms with Crippen LogP contribution < -0.4 is 10.2 Å². The Morgan fingerprint density at radius 2 is 1.36 bits per heavy atom. The average Bonchev–Trinajstić information content (AvgIpc) is 3.58. The highest BCUT2D eigenvalue weighted by atomic mass is 32.2. The zero-order valence-electron chi connectivity index (χ0n) is 39.0. The van der Waals surface area contributed by atoms with Crippen LogP contribution in [-0.2, 0) is 46.0 Å². The average molecular weight is 973 g/mol. The van der Waals surface area contributed by atoms with Gasteiger partial charge in [-0.05, 0) is 106 Å². The molecule has 2 aliphatic heterocycles. The fourth-order valence-electron chi connectivity index (χ4n) is 9.57. The van der Waals surface area contributed by atoms with Crippen LogP contribution in [0.3, 0.4) is 0 Å². The summed E-state index contributed by atoms with van der Waals surface area (Å²) >= 11 is 0. The van der Waals surface area contributed by atoms with Gasteiger partial charge in [-0.2, -0.15) is 29.8 Å². The Morgan fingerprint density at radius 1 is 0.727 bits per heavy atom. The molecule has 0 amide bonds. The van der Waals surface area contributed by atoms with Crippen LogP contribution in [0, 0.1) is 0 Å². The van der Waals surface area contributed by atoms with E-state index >= 15 is 0 Å². The number of aliphatic carboxylic acids is 1. The first-order valence-corrected chi connectivity index (χ1v) is 28.0. The molecular formula is C49H70N3O11S3+. The molecule has 1 aliphatic carbocycles. The van der Waals surface area contributed by atoms with Gasteiger partial charge in [0, 0.05) is 66.1 Å². The minimum atomic E-state index is -4.48. The highest BCUT2D eigenvalue weighted by Gasteiger charge is 2.44. The number of allylic oxidation sites excluding steroid dienone is 7. The normalized spacial score (nSPS) is 18.5. The molecule has 0 aromatic heterocycles. The lowest BCUT2D eigenvalue weighted by molar-refractivity contribution is -0.438. The molecule has 0 bridgehead atoms. The van der Waals surface area contributed by atoms with Gasteiger partial charge >= 0.3 is 5.97 Å². The topological polar surface area (TPSA) is 219 Å². The largest absolute Gasteiger partial charge is 0.481 e. The van der Waals surface area contributed by atoms with Gasteiger partial charge in [0.05, 0.1) is 21.8 Å². The smallest absolute Gasteiger partial charge is 0.303 e. The molecule has 3 aliphatic rings. The molecule has 0 saturated heterocycles. The van der Waals surface area contributed by atoms with Gasteiger partial charge in [0.2, 0.25) is 5.69 Å². The van der Waals surface area contributed by atoms with E-state index in [1.165, 1.54) is 17.7 Å². The van der Waals surface area contributed by atoms with Gasteiger partial charge in [0.15, 0.2) is 5.71 Å². The van der Waals surface area contributed by atoms with Crippen molar-refractivity contribution in [3.05, 3.63) is 100 Å². The van der Waals surface area contributed by atoms with E-state index < -0.39 is 41.7 Å². The molecular weight excluding hydrogens is 903 g/mol. The van der Waals surface area contributed by atoms with Gasteiger partial charge in [-0.25, -0.2) is 0 Å². The molecule has 0 saturated carbocycles.